The number of halogens is 4. The Kier molecular flexibility index (Phi) is 6.35. The van der Waals surface area contributed by atoms with Crippen molar-refractivity contribution >= 4 is 16.9 Å². The van der Waals surface area contributed by atoms with E-state index in [9.17, 15) is 17.6 Å². The van der Waals surface area contributed by atoms with Crippen molar-refractivity contribution in [1.82, 2.24) is 20.0 Å². The topological polar surface area (TPSA) is 110 Å². The molecule has 2 aromatic heterocycles. The summed E-state index contributed by atoms with van der Waals surface area (Å²) in [7, 11) is 0. The molecule has 2 aromatic carbocycles. The number of fused-ring (bicyclic) bond motifs is 1. The van der Waals surface area contributed by atoms with Gasteiger partial charge in [0.15, 0.2) is 0 Å². The molecule has 7 nitrogen and oxygen atoms in total. The van der Waals surface area contributed by atoms with Gasteiger partial charge in [0.05, 0.1) is 17.9 Å². The fourth-order valence-corrected chi connectivity index (χ4v) is 2.78. The summed E-state index contributed by atoms with van der Waals surface area (Å²) in [5.41, 5.74) is 9.70. The van der Waals surface area contributed by atoms with Gasteiger partial charge in [-0.1, -0.05) is 17.3 Å². The molecule has 4 aromatic rings. The molecule has 0 aliphatic heterocycles. The standard InChI is InChI=1S/C18H16FN5.C2HF3O2/c19-14-3-1-2-12(8-14)9-16(20)18-11-24(23-22-18)15-4-5-17-13(10-15)6-7-21-17;3-2(4,5)1(6)7/h1-8,10-11,16,21H,9,20H2;(H,6,7). The maximum Gasteiger partial charge on any atom is 0.490 e. The van der Waals surface area contributed by atoms with Crippen molar-refractivity contribution in [2.75, 3.05) is 0 Å². The molecule has 162 valence electrons. The van der Waals surface area contributed by atoms with Gasteiger partial charge in [0.1, 0.15) is 11.5 Å². The number of nitrogens with one attached hydrogen (secondary N) is 1. The zero-order valence-electron chi connectivity index (χ0n) is 15.8. The van der Waals surface area contributed by atoms with Gasteiger partial charge >= 0.3 is 12.1 Å². The number of benzene rings is 2. The van der Waals surface area contributed by atoms with Crippen LogP contribution in [0.3, 0.4) is 0 Å². The molecule has 4 rings (SSSR count). The molecule has 0 saturated heterocycles. The first-order valence-corrected chi connectivity index (χ1v) is 8.93. The number of aliphatic carboxylic acids is 1. The highest BCUT2D eigenvalue weighted by Gasteiger charge is 2.38. The number of carboxylic acids is 1. The lowest BCUT2D eigenvalue weighted by molar-refractivity contribution is -0.192. The number of H-pyrrole nitrogens is 1. The van der Waals surface area contributed by atoms with Crippen LogP contribution in [0.4, 0.5) is 17.6 Å². The number of carbonyl (C=O) groups is 1. The van der Waals surface area contributed by atoms with Gasteiger partial charge in [-0.2, -0.15) is 13.2 Å². The monoisotopic (exact) mass is 435 g/mol. The van der Waals surface area contributed by atoms with E-state index in [1.54, 1.807) is 10.7 Å². The summed E-state index contributed by atoms with van der Waals surface area (Å²) in [4.78, 5) is 12.1. The predicted molar refractivity (Wildman–Crippen MR) is 104 cm³/mol. The van der Waals surface area contributed by atoms with Gasteiger partial charge in [-0.15, -0.1) is 5.10 Å². The number of nitrogens with two attached hydrogens (primary N) is 1. The molecule has 0 spiro atoms. The first-order valence-electron chi connectivity index (χ1n) is 8.93. The predicted octanol–water partition coefficient (Wildman–Crippen LogP) is 3.76. The molecule has 0 aliphatic rings. The second-order valence-corrected chi connectivity index (χ2v) is 6.58. The number of aromatic amines is 1. The highest BCUT2D eigenvalue weighted by atomic mass is 19.4. The van der Waals surface area contributed by atoms with Gasteiger partial charge in [-0.3, -0.25) is 0 Å². The van der Waals surface area contributed by atoms with Crippen LogP contribution < -0.4 is 5.73 Å². The number of carboxylic acid groups (broad SMARTS) is 1. The highest BCUT2D eigenvalue weighted by Crippen LogP contribution is 2.19. The molecule has 11 heteroatoms. The number of rotatable bonds is 4. The molecular weight excluding hydrogens is 418 g/mol. The van der Waals surface area contributed by atoms with Gasteiger partial charge in [0.2, 0.25) is 0 Å². The Morgan fingerprint density at radius 2 is 1.94 bits per heavy atom. The van der Waals surface area contributed by atoms with Crippen molar-refractivity contribution in [3.8, 4) is 5.69 Å². The zero-order valence-corrected chi connectivity index (χ0v) is 15.8. The van der Waals surface area contributed by atoms with Crippen molar-refractivity contribution < 1.29 is 27.5 Å². The lowest BCUT2D eigenvalue weighted by Crippen LogP contribution is -2.21. The minimum atomic E-state index is -5.08. The molecule has 1 atom stereocenters. The Labute approximate surface area is 173 Å². The maximum absolute atomic E-state index is 13.3. The van der Waals surface area contributed by atoms with Gasteiger partial charge in [0.25, 0.3) is 0 Å². The first-order chi connectivity index (χ1) is 14.6. The van der Waals surface area contributed by atoms with Crippen LogP contribution in [0.2, 0.25) is 0 Å². The van der Waals surface area contributed by atoms with Crippen LogP contribution in [0.25, 0.3) is 16.6 Å². The second kappa shape index (κ2) is 8.96. The van der Waals surface area contributed by atoms with Crippen LogP contribution in [0.1, 0.15) is 17.3 Å². The summed E-state index contributed by atoms with van der Waals surface area (Å²) in [6.45, 7) is 0. The molecule has 0 saturated carbocycles. The summed E-state index contributed by atoms with van der Waals surface area (Å²) < 4.78 is 46.7. The lowest BCUT2D eigenvalue weighted by Gasteiger charge is -2.08. The van der Waals surface area contributed by atoms with E-state index >= 15 is 0 Å². The van der Waals surface area contributed by atoms with Crippen molar-refractivity contribution in [1.29, 1.82) is 0 Å². The Bertz CT molecular complexity index is 1190. The van der Waals surface area contributed by atoms with Crippen molar-refractivity contribution in [3.05, 3.63) is 78.0 Å². The molecule has 1 unspecified atom stereocenters. The molecule has 0 bridgehead atoms. The Morgan fingerprint density at radius 3 is 2.61 bits per heavy atom. The quantitative estimate of drug-likeness (QED) is 0.423. The van der Waals surface area contributed by atoms with Crippen LogP contribution in [0, 0.1) is 5.82 Å². The van der Waals surface area contributed by atoms with E-state index in [0.717, 1.165) is 22.2 Å². The molecule has 31 heavy (non-hydrogen) atoms. The van der Waals surface area contributed by atoms with E-state index in [0.29, 0.717) is 12.1 Å². The van der Waals surface area contributed by atoms with E-state index in [4.69, 9.17) is 15.6 Å². The SMILES string of the molecule is NC(Cc1cccc(F)c1)c1cn(-c2ccc3[nH]ccc3c2)nn1.O=C(O)C(F)(F)F. The molecule has 0 aliphatic carbocycles. The average molecular weight is 435 g/mol. The van der Waals surface area contributed by atoms with Crippen LogP contribution >= 0.6 is 0 Å². The van der Waals surface area contributed by atoms with E-state index < -0.39 is 12.1 Å². The van der Waals surface area contributed by atoms with Crippen molar-refractivity contribution in [2.24, 2.45) is 5.73 Å². The minimum Gasteiger partial charge on any atom is -0.475 e. The molecule has 0 radical (unpaired) electrons. The summed E-state index contributed by atoms with van der Waals surface area (Å²) in [5.74, 6) is -3.02. The maximum atomic E-state index is 13.3. The molecule has 0 amide bonds. The molecule has 0 fully saturated rings. The third kappa shape index (κ3) is 5.66. The van der Waals surface area contributed by atoms with Gasteiger partial charge in [-0.25, -0.2) is 13.9 Å². The third-order valence-corrected chi connectivity index (χ3v) is 4.28. The molecule has 2 heterocycles. The van der Waals surface area contributed by atoms with E-state index in [1.165, 1.54) is 12.1 Å². The summed E-state index contributed by atoms with van der Waals surface area (Å²) in [6, 6.07) is 14.1. The van der Waals surface area contributed by atoms with Crippen molar-refractivity contribution in [2.45, 2.75) is 18.6 Å². The Morgan fingerprint density at radius 1 is 1.19 bits per heavy atom. The normalized spacial score (nSPS) is 12.3. The largest absolute Gasteiger partial charge is 0.490 e. The number of hydrogen-bond acceptors (Lipinski definition) is 4. The van der Waals surface area contributed by atoms with Crippen LogP contribution in [0.5, 0.6) is 0 Å². The molecular formula is C20H17F4N5O2. The number of alkyl halides is 3. The smallest absolute Gasteiger partial charge is 0.475 e. The van der Waals surface area contributed by atoms with Crippen LogP contribution in [-0.2, 0) is 11.2 Å². The van der Waals surface area contributed by atoms with E-state index in [1.807, 2.05) is 42.7 Å². The van der Waals surface area contributed by atoms with E-state index in [-0.39, 0.29) is 11.9 Å². The zero-order chi connectivity index (χ0) is 22.6. The third-order valence-electron chi connectivity index (χ3n) is 4.28. The highest BCUT2D eigenvalue weighted by molar-refractivity contribution is 5.81. The Hall–Kier alpha value is -3.73. The number of aromatic nitrogens is 4. The second-order valence-electron chi connectivity index (χ2n) is 6.58. The summed E-state index contributed by atoms with van der Waals surface area (Å²) >= 11 is 0. The van der Waals surface area contributed by atoms with Crippen LogP contribution in [0.15, 0.2) is 60.9 Å². The van der Waals surface area contributed by atoms with Gasteiger partial charge in [0, 0.05) is 17.1 Å². The minimum absolute atomic E-state index is 0.261. The Balaban J connectivity index is 0.000000339. The fourth-order valence-electron chi connectivity index (χ4n) is 2.78. The lowest BCUT2D eigenvalue weighted by atomic mass is 10.0. The van der Waals surface area contributed by atoms with Crippen molar-refractivity contribution in [3.63, 3.8) is 0 Å². The van der Waals surface area contributed by atoms with Gasteiger partial charge < -0.3 is 15.8 Å². The number of hydrogen-bond donors (Lipinski definition) is 3. The van der Waals surface area contributed by atoms with Gasteiger partial charge in [-0.05, 0) is 48.4 Å². The van der Waals surface area contributed by atoms with Crippen LogP contribution in [-0.4, -0.2) is 37.2 Å². The summed E-state index contributed by atoms with van der Waals surface area (Å²) in [6.07, 6.45) is -0.860. The average Bonchev–Trinajstić information content (AvgIpc) is 3.37. The number of nitrogens with zero attached hydrogens (tertiary/aromatic N) is 3. The molecule has 4 N–H and O–H groups in total. The fraction of sp³-hybridized carbons (Fsp3) is 0.150. The van der Waals surface area contributed by atoms with E-state index in [2.05, 4.69) is 15.3 Å². The summed E-state index contributed by atoms with van der Waals surface area (Å²) in [5, 5.41) is 16.6. The first kappa shape index (κ1) is 22.0.